The van der Waals surface area contributed by atoms with E-state index >= 15 is 0 Å². The molecule has 0 saturated carbocycles. The van der Waals surface area contributed by atoms with Crippen LogP contribution in [-0.2, 0) is 32.3 Å². The largest absolute Gasteiger partial charge is 0.399 e. The molecule has 2 aromatic rings. The predicted octanol–water partition coefficient (Wildman–Crippen LogP) is 0.413. The molecule has 0 spiro atoms. The number of anilines is 2. The molecule has 4 heterocycles. The van der Waals surface area contributed by atoms with E-state index in [1.165, 1.54) is 15.9 Å². The van der Waals surface area contributed by atoms with Crippen molar-refractivity contribution in [3.63, 3.8) is 0 Å². The van der Waals surface area contributed by atoms with Crippen molar-refractivity contribution in [2.24, 2.45) is 0 Å². The van der Waals surface area contributed by atoms with Gasteiger partial charge in [-0.2, -0.15) is 10.0 Å². The van der Waals surface area contributed by atoms with Crippen LogP contribution < -0.4 is 11.5 Å². The topological polar surface area (TPSA) is 167 Å². The molecule has 6 rings (SSSR count). The number of nitrogens with two attached hydrogens (primary N) is 2. The zero-order chi connectivity index (χ0) is 26.9. The summed E-state index contributed by atoms with van der Waals surface area (Å²) in [5.74, 6) is -3.89. The van der Waals surface area contributed by atoms with Crippen molar-refractivity contribution in [1.29, 1.82) is 0 Å². The maximum Gasteiger partial charge on any atom is 0.271 e. The van der Waals surface area contributed by atoms with Crippen LogP contribution in [0.15, 0.2) is 36.4 Å². The molecule has 12 nitrogen and oxygen atoms in total. The maximum atomic E-state index is 13.6. The third kappa shape index (κ3) is 3.44. The molecule has 2 aromatic carbocycles. The molecule has 6 amide bonds. The fourth-order valence-corrected chi connectivity index (χ4v) is 5.71. The van der Waals surface area contributed by atoms with Gasteiger partial charge in [-0.3, -0.25) is 28.8 Å². The van der Waals surface area contributed by atoms with Gasteiger partial charge in [-0.05, 0) is 54.3 Å². The molecule has 12 heteroatoms. The van der Waals surface area contributed by atoms with Crippen molar-refractivity contribution in [3.05, 3.63) is 58.7 Å². The molecule has 0 radical (unpaired) electrons. The number of imide groups is 2. The zero-order valence-corrected chi connectivity index (χ0v) is 20.3. The highest BCUT2D eigenvalue weighted by atomic mass is 16.2. The number of amides is 6. The number of nitrogen functional groups attached to an aromatic ring is 2. The Balaban J connectivity index is 1.27. The normalized spacial score (nSPS) is 23.5. The molecule has 2 saturated heterocycles. The number of hydrogen-bond donors (Lipinski definition) is 2. The predicted molar refractivity (Wildman–Crippen MR) is 131 cm³/mol. The molecule has 2 fully saturated rings. The molecule has 0 aliphatic carbocycles. The van der Waals surface area contributed by atoms with E-state index in [1.807, 2.05) is 0 Å². The van der Waals surface area contributed by atoms with Crippen molar-refractivity contribution in [2.75, 3.05) is 11.5 Å². The molecule has 4 N–H and O–H groups in total. The average Bonchev–Trinajstić information content (AvgIpc) is 3.37. The van der Waals surface area contributed by atoms with E-state index in [-0.39, 0.29) is 44.7 Å². The van der Waals surface area contributed by atoms with Crippen molar-refractivity contribution < 1.29 is 28.8 Å². The molecular weight excluding hydrogens is 492 g/mol. The van der Waals surface area contributed by atoms with Gasteiger partial charge >= 0.3 is 0 Å². The van der Waals surface area contributed by atoms with Crippen molar-refractivity contribution in [2.45, 2.75) is 50.9 Å². The standard InChI is InChI=1S/C26H24N6O6/c27-15-3-4-17-14(9-15)12-30(23(17)35)20-6-8-22(34)32(26(20)38)31-21(33)7-5-19(25(31)37)29-11-13-1-2-16(28)10-18(13)24(29)36/h1-4,9-10,19-20H,5-8,11-12,27-28H2. The Morgan fingerprint density at radius 1 is 0.605 bits per heavy atom. The van der Waals surface area contributed by atoms with Crippen LogP contribution in [0.1, 0.15) is 57.5 Å². The second-order valence-corrected chi connectivity index (χ2v) is 9.90. The van der Waals surface area contributed by atoms with E-state index in [0.29, 0.717) is 43.6 Å². The second kappa shape index (κ2) is 8.40. The zero-order valence-electron chi connectivity index (χ0n) is 20.3. The number of piperidine rings is 2. The SMILES string of the molecule is Nc1ccc2c(c1)CN(C1CCC(=O)N(N3C(=O)CCC(N4Cc5ccc(N)cc5C4=O)C3=O)C1=O)C2=O. The van der Waals surface area contributed by atoms with Gasteiger partial charge in [-0.1, -0.05) is 6.07 Å². The summed E-state index contributed by atoms with van der Waals surface area (Å²) < 4.78 is 0. The van der Waals surface area contributed by atoms with Gasteiger partial charge in [0.2, 0.25) is 11.8 Å². The number of hydrazine groups is 1. The fraction of sp³-hybridized carbons (Fsp3) is 0.308. The third-order valence-corrected chi connectivity index (χ3v) is 7.60. The molecule has 0 aromatic heterocycles. The van der Waals surface area contributed by atoms with Crippen LogP contribution in [0.4, 0.5) is 11.4 Å². The molecule has 4 aliphatic heterocycles. The van der Waals surface area contributed by atoms with E-state index in [2.05, 4.69) is 0 Å². The lowest BCUT2D eigenvalue weighted by atomic mass is 10.0. The maximum absolute atomic E-state index is 13.6. The van der Waals surface area contributed by atoms with Gasteiger partial charge in [-0.15, -0.1) is 0 Å². The molecular formula is C26H24N6O6. The van der Waals surface area contributed by atoms with E-state index in [9.17, 15) is 28.8 Å². The van der Waals surface area contributed by atoms with E-state index in [4.69, 9.17) is 11.5 Å². The minimum absolute atomic E-state index is 0.0599. The number of hydrogen-bond acceptors (Lipinski definition) is 8. The first kappa shape index (κ1) is 23.6. The first-order valence-corrected chi connectivity index (χ1v) is 12.3. The summed E-state index contributed by atoms with van der Waals surface area (Å²) >= 11 is 0. The summed E-state index contributed by atoms with van der Waals surface area (Å²) in [5.41, 5.74) is 14.7. The Hall–Kier alpha value is -4.74. The first-order chi connectivity index (χ1) is 18.2. The Morgan fingerprint density at radius 2 is 1.11 bits per heavy atom. The molecule has 2 unspecified atom stereocenters. The Labute approximate surface area is 216 Å². The quantitative estimate of drug-likeness (QED) is 0.437. The highest BCUT2D eigenvalue weighted by Gasteiger charge is 2.51. The van der Waals surface area contributed by atoms with Gasteiger partial charge in [-0.25, -0.2) is 0 Å². The molecule has 2 atom stereocenters. The van der Waals surface area contributed by atoms with Crippen LogP contribution in [0.25, 0.3) is 0 Å². The molecule has 0 bridgehead atoms. The lowest BCUT2D eigenvalue weighted by molar-refractivity contribution is -0.189. The van der Waals surface area contributed by atoms with Gasteiger partial charge in [0.1, 0.15) is 12.1 Å². The summed E-state index contributed by atoms with van der Waals surface area (Å²) in [6, 6.07) is 7.65. The number of fused-ring (bicyclic) bond motifs is 2. The van der Waals surface area contributed by atoms with Gasteiger partial charge in [0.25, 0.3) is 23.6 Å². The van der Waals surface area contributed by atoms with Gasteiger partial charge < -0.3 is 21.3 Å². The minimum Gasteiger partial charge on any atom is -0.399 e. The summed E-state index contributed by atoms with van der Waals surface area (Å²) in [4.78, 5) is 82.0. The molecule has 38 heavy (non-hydrogen) atoms. The van der Waals surface area contributed by atoms with Crippen LogP contribution in [0.5, 0.6) is 0 Å². The lowest BCUT2D eigenvalue weighted by Gasteiger charge is -2.43. The van der Waals surface area contributed by atoms with Crippen molar-refractivity contribution >= 4 is 46.8 Å². The van der Waals surface area contributed by atoms with Crippen LogP contribution in [0.2, 0.25) is 0 Å². The summed E-state index contributed by atoms with van der Waals surface area (Å²) in [7, 11) is 0. The van der Waals surface area contributed by atoms with Crippen molar-refractivity contribution in [3.8, 4) is 0 Å². The monoisotopic (exact) mass is 516 g/mol. The Bertz CT molecular complexity index is 1430. The smallest absolute Gasteiger partial charge is 0.271 e. The number of benzene rings is 2. The first-order valence-electron chi connectivity index (χ1n) is 12.3. The Morgan fingerprint density at radius 3 is 1.71 bits per heavy atom. The van der Waals surface area contributed by atoms with Crippen LogP contribution >= 0.6 is 0 Å². The molecule has 4 aliphatic rings. The summed E-state index contributed by atoms with van der Waals surface area (Å²) in [5, 5.41) is 1.14. The number of carbonyl (C=O) groups excluding carboxylic acids is 6. The Kier molecular flexibility index (Phi) is 5.23. The van der Waals surface area contributed by atoms with Gasteiger partial charge in [0.05, 0.1) is 0 Å². The number of carbonyl (C=O) groups is 6. The summed E-state index contributed by atoms with van der Waals surface area (Å²) in [6.45, 7) is 0.257. The highest BCUT2D eigenvalue weighted by Crippen LogP contribution is 2.34. The van der Waals surface area contributed by atoms with Crippen LogP contribution in [0, 0.1) is 0 Å². The van der Waals surface area contributed by atoms with E-state index < -0.39 is 41.6 Å². The van der Waals surface area contributed by atoms with Crippen molar-refractivity contribution in [1.82, 2.24) is 19.8 Å². The molecule has 194 valence electrons. The fourth-order valence-electron chi connectivity index (χ4n) is 5.71. The second-order valence-electron chi connectivity index (χ2n) is 9.90. The lowest BCUT2D eigenvalue weighted by Crippen LogP contribution is -2.67. The van der Waals surface area contributed by atoms with Crippen LogP contribution in [0.3, 0.4) is 0 Å². The number of rotatable bonds is 3. The van der Waals surface area contributed by atoms with Crippen LogP contribution in [-0.4, -0.2) is 67.3 Å². The third-order valence-electron chi connectivity index (χ3n) is 7.60. The minimum atomic E-state index is -1.05. The van der Waals surface area contributed by atoms with Gasteiger partial charge in [0, 0.05) is 48.4 Å². The van der Waals surface area contributed by atoms with E-state index in [0.717, 1.165) is 0 Å². The highest BCUT2D eigenvalue weighted by molar-refractivity contribution is 6.11. The average molecular weight is 517 g/mol. The van der Waals surface area contributed by atoms with E-state index in [1.54, 1.807) is 30.3 Å². The number of nitrogens with zero attached hydrogens (tertiary/aromatic N) is 4. The summed E-state index contributed by atoms with van der Waals surface area (Å²) in [6.07, 6.45) is -0.170. The van der Waals surface area contributed by atoms with Gasteiger partial charge in [0.15, 0.2) is 0 Å².